The lowest BCUT2D eigenvalue weighted by atomic mass is 9.89. The van der Waals surface area contributed by atoms with E-state index in [1.54, 1.807) is 65.6 Å². The molecule has 0 aliphatic carbocycles. The molecule has 166 valence electrons. The van der Waals surface area contributed by atoms with Gasteiger partial charge in [0, 0.05) is 25.4 Å². The van der Waals surface area contributed by atoms with E-state index in [4.69, 9.17) is 4.74 Å². The molecule has 0 spiro atoms. The number of benzene rings is 3. The number of piperidine rings is 1. The van der Waals surface area contributed by atoms with Crippen molar-refractivity contribution in [2.24, 2.45) is 5.92 Å². The lowest BCUT2D eigenvalue weighted by molar-refractivity contribution is -0.123. The number of rotatable bonds is 6. The minimum Gasteiger partial charge on any atom is -0.454 e. The van der Waals surface area contributed by atoms with Crippen LogP contribution in [0.15, 0.2) is 72.8 Å². The van der Waals surface area contributed by atoms with E-state index in [1.165, 1.54) is 6.07 Å². The van der Waals surface area contributed by atoms with E-state index in [0.717, 1.165) is 5.56 Å². The maximum absolute atomic E-state index is 13.8. The topological polar surface area (TPSA) is 70.4 Å². The van der Waals surface area contributed by atoms with Gasteiger partial charge in [0.2, 0.25) is 0 Å². The molecule has 1 fully saturated rings. The van der Waals surface area contributed by atoms with Crippen LogP contribution in [-0.2, 0) is 11.2 Å². The third kappa shape index (κ3) is 5.27. The SMILES string of the molecule is N#Cc1ccccc1C(=O)N1CCC(C(=O)Cc2cccc(Oc3ccccc3F)c2)CC1. The summed E-state index contributed by atoms with van der Waals surface area (Å²) in [5, 5.41) is 9.24. The van der Waals surface area contributed by atoms with E-state index in [1.807, 2.05) is 6.07 Å². The number of carbonyl (C=O) groups excluding carboxylic acids is 2. The van der Waals surface area contributed by atoms with Gasteiger partial charge >= 0.3 is 0 Å². The lowest BCUT2D eigenvalue weighted by Crippen LogP contribution is -2.40. The van der Waals surface area contributed by atoms with Gasteiger partial charge in [0.25, 0.3) is 5.91 Å². The quantitative estimate of drug-likeness (QED) is 0.529. The Morgan fingerprint density at radius 2 is 1.73 bits per heavy atom. The number of Topliss-reactive ketones (excluding diaryl/α,β-unsaturated/α-hetero) is 1. The molecule has 0 radical (unpaired) electrons. The number of amides is 1. The molecule has 5 nitrogen and oxygen atoms in total. The van der Waals surface area contributed by atoms with Crippen molar-refractivity contribution in [3.05, 3.63) is 95.3 Å². The number of nitrogens with zero attached hydrogens (tertiary/aromatic N) is 2. The van der Waals surface area contributed by atoms with Crippen LogP contribution in [-0.4, -0.2) is 29.7 Å². The number of hydrogen-bond donors (Lipinski definition) is 0. The zero-order valence-electron chi connectivity index (χ0n) is 18.0. The molecule has 1 saturated heterocycles. The molecule has 3 aromatic carbocycles. The van der Waals surface area contributed by atoms with Crippen molar-refractivity contribution in [3.63, 3.8) is 0 Å². The third-order valence-corrected chi connectivity index (χ3v) is 5.86. The largest absolute Gasteiger partial charge is 0.454 e. The first-order valence-electron chi connectivity index (χ1n) is 10.9. The first kappa shape index (κ1) is 22.2. The van der Waals surface area contributed by atoms with Gasteiger partial charge in [0.05, 0.1) is 17.2 Å². The zero-order valence-corrected chi connectivity index (χ0v) is 18.0. The number of para-hydroxylation sites is 1. The van der Waals surface area contributed by atoms with Crippen LogP contribution >= 0.6 is 0 Å². The van der Waals surface area contributed by atoms with Crippen LogP contribution in [0.1, 0.15) is 34.3 Å². The average Bonchev–Trinajstić information content (AvgIpc) is 2.85. The van der Waals surface area contributed by atoms with Gasteiger partial charge in [-0.15, -0.1) is 0 Å². The van der Waals surface area contributed by atoms with Gasteiger partial charge in [-0.25, -0.2) is 4.39 Å². The Hall–Kier alpha value is -3.98. The molecule has 6 heteroatoms. The van der Waals surface area contributed by atoms with Crippen molar-refractivity contribution in [2.45, 2.75) is 19.3 Å². The van der Waals surface area contributed by atoms with E-state index >= 15 is 0 Å². The highest BCUT2D eigenvalue weighted by Gasteiger charge is 2.28. The first-order valence-corrected chi connectivity index (χ1v) is 10.9. The van der Waals surface area contributed by atoms with Gasteiger partial charge in [-0.05, 0) is 54.8 Å². The molecule has 3 aromatic rings. The molecule has 4 rings (SSSR count). The zero-order chi connectivity index (χ0) is 23.2. The van der Waals surface area contributed by atoms with E-state index in [0.29, 0.717) is 42.8 Å². The Bertz CT molecular complexity index is 1210. The van der Waals surface area contributed by atoms with Crippen molar-refractivity contribution in [1.82, 2.24) is 4.90 Å². The molecule has 0 atom stereocenters. The van der Waals surface area contributed by atoms with Crippen LogP contribution in [0.2, 0.25) is 0 Å². The summed E-state index contributed by atoms with van der Waals surface area (Å²) in [7, 11) is 0. The fraction of sp³-hybridized carbons (Fsp3) is 0.222. The second kappa shape index (κ2) is 10.1. The van der Waals surface area contributed by atoms with Crippen molar-refractivity contribution in [3.8, 4) is 17.6 Å². The number of nitriles is 1. The Labute approximate surface area is 192 Å². The predicted molar refractivity (Wildman–Crippen MR) is 121 cm³/mol. The van der Waals surface area contributed by atoms with Crippen LogP contribution in [0, 0.1) is 23.1 Å². The summed E-state index contributed by atoms with van der Waals surface area (Å²) in [5.41, 5.74) is 1.56. The summed E-state index contributed by atoms with van der Waals surface area (Å²) < 4.78 is 19.5. The molecule has 1 heterocycles. The third-order valence-electron chi connectivity index (χ3n) is 5.86. The van der Waals surface area contributed by atoms with Crippen molar-refractivity contribution in [1.29, 1.82) is 5.26 Å². The summed E-state index contributed by atoms with van der Waals surface area (Å²) >= 11 is 0. The second-order valence-corrected chi connectivity index (χ2v) is 8.05. The highest BCUT2D eigenvalue weighted by Crippen LogP contribution is 2.26. The fourth-order valence-corrected chi connectivity index (χ4v) is 4.06. The molecule has 1 aliphatic rings. The molecule has 0 saturated carbocycles. The van der Waals surface area contributed by atoms with Gasteiger partial charge < -0.3 is 9.64 Å². The number of halogens is 1. The van der Waals surface area contributed by atoms with E-state index in [-0.39, 0.29) is 29.8 Å². The molecule has 0 aromatic heterocycles. The molecular formula is C27H23FN2O3. The Balaban J connectivity index is 1.35. The second-order valence-electron chi connectivity index (χ2n) is 8.05. The smallest absolute Gasteiger partial charge is 0.255 e. The van der Waals surface area contributed by atoms with Crippen LogP contribution in [0.25, 0.3) is 0 Å². The van der Waals surface area contributed by atoms with Gasteiger partial charge in [0.1, 0.15) is 11.5 Å². The predicted octanol–water partition coefficient (Wildman–Crippen LogP) is 5.15. The minimum atomic E-state index is -0.447. The van der Waals surface area contributed by atoms with Gasteiger partial charge in [-0.2, -0.15) is 5.26 Å². The number of likely N-dealkylation sites (tertiary alicyclic amines) is 1. The molecule has 1 aliphatic heterocycles. The minimum absolute atomic E-state index is 0.113. The van der Waals surface area contributed by atoms with Crippen LogP contribution < -0.4 is 4.74 Å². The first-order chi connectivity index (χ1) is 16.0. The van der Waals surface area contributed by atoms with Crippen molar-refractivity contribution >= 4 is 11.7 Å². The van der Waals surface area contributed by atoms with E-state index in [9.17, 15) is 19.2 Å². The number of ketones is 1. The standard InChI is InChI=1S/C27H23FN2O3/c28-24-10-3-4-11-26(24)33-22-8-5-6-19(16-22)17-25(31)20-12-14-30(15-13-20)27(32)23-9-2-1-7-21(23)18-29/h1-11,16,20H,12-15,17H2. The summed E-state index contributed by atoms with van der Waals surface area (Å²) in [6.45, 7) is 0.955. The number of hydrogen-bond acceptors (Lipinski definition) is 4. The Morgan fingerprint density at radius 3 is 2.48 bits per heavy atom. The van der Waals surface area contributed by atoms with Crippen LogP contribution in [0.5, 0.6) is 11.5 Å². The lowest BCUT2D eigenvalue weighted by Gasteiger charge is -2.31. The monoisotopic (exact) mass is 442 g/mol. The summed E-state index contributed by atoms with van der Waals surface area (Å²) in [4.78, 5) is 27.4. The highest BCUT2D eigenvalue weighted by atomic mass is 19.1. The van der Waals surface area contributed by atoms with Gasteiger partial charge in [-0.3, -0.25) is 9.59 Å². The normalized spacial score (nSPS) is 13.9. The molecule has 0 unspecified atom stereocenters. The molecular weight excluding hydrogens is 419 g/mol. The Morgan fingerprint density at radius 1 is 1.00 bits per heavy atom. The fourth-order valence-electron chi connectivity index (χ4n) is 4.06. The number of carbonyl (C=O) groups is 2. The highest BCUT2D eigenvalue weighted by molar-refractivity contribution is 5.96. The average molecular weight is 442 g/mol. The van der Waals surface area contributed by atoms with Gasteiger partial charge in [0.15, 0.2) is 11.6 Å². The summed E-state index contributed by atoms with van der Waals surface area (Å²) in [6.07, 6.45) is 1.43. The van der Waals surface area contributed by atoms with Crippen molar-refractivity contribution in [2.75, 3.05) is 13.1 Å². The Kier molecular flexibility index (Phi) is 6.80. The molecule has 1 amide bonds. The maximum Gasteiger partial charge on any atom is 0.255 e. The van der Waals surface area contributed by atoms with Crippen molar-refractivity contribution < 1.29 is 18.7 Å². The molecule has 0 bridgehead atoms. The van der Waals surface area contributed by atoms with Crippen LogP contribution in [0.3, 0.4) is 0 Å². The summed E-state index contributed by atoms with van der Waals surface area (Å²) in [5.74, 6) is -0.0225. The van der Waals surface area contributed by atoms with Crippen LogP contribution in [0.4, 0.5) is 4.39 Å². The van der Waals surface area contributed by atoms with E-state index in [2.05, 4.69) is 6.07 Å². The number of ether oxygens (including phenoxy) is 1. The molecule has 33 heavy (non-hydrogen) atoms. The molecule has 0 N–H and O–H groups in total. The maximum atomic E-state index is 13.8. The van der Waals surface area contributed by atoms with E-state index < -0.39 is 5.82 Å². The summed E-state index contributed by atoms with van der Waals surface area (Å²) in [6, 6.07) is 22.1. The van der Waals surface area contributed by atoms with Gasteiger partial charge in [-0.1, -0.05) is 36.4 Å².